The summed E-state index contributed by atoms with van der Waals surface area (Å²) in [5.74, 6) is 1.80. The molecule has 0 aliphatic heterocycles. The lowest BCUT2D eigenvalue weighted by atomic mass is 10.1. The molecule has 12 nitrogen and oxygen atoms in total. The molecule has 0 spiro atoms. The standard InChI is InChI=1S/C37H43N9O3SSi/c1-25(2)46-31-22-33(42-32-18-20-39-36(43-32)26-23-40-45(24-26)50(47,48)27-16-17-27)41-30(34(31)35(38)44-46)19-21-49-51(37(3,4)5,28-12-8-6-9-13-28)29-14-10-7-11-15-29/h6-15,18,20,22-25,27H,16-17,19,21H2,1-5H3,(H2,38,44)(H,39,41,42,43). The van der Waals surface area contributed by atoms with Crippen LogP contribution in [-0.4, -0.2) is 62.5 Å². The van der Waals surface area contributed by atoms with E-state index in [9.17, 15) is 8.42 Å². The Morgan fingerprint density at radius 3 is 2.25 bits per heavy atom. The minimum absolute atomic E-state index is 0.0513. The van der Waals surface area contributed by atoms with E-state index < -0.39 is 18.3 Å². The summed E-state index contributed by atoms with van der Waals surface area (Å²) in [6.45, 7) is 11.3. The average molecular weight is 722 g/mol. The van der Waals surface area contributed by atoms with E-state index in [1.54, 1.807) is 12.3 Å². The zero-order valence-corrected chi connectivity index (χ0v) is 31.3. The van der Waals surface area contributed by atoms with E-state index in [-0.39, 0.29) is 16.3 Å². The zero-order chi connectivity index (χ0) is 36.0. The van der Waals surface area contributed by atoms with Crippen LogP contribution >= 0.6 is 0 Å². The van der Waals surface area contributed by atoms with E-state index in [0.717, 1.165) is 20.7 Å². The van der Waals surface area contributed by atoms with Crippen molar-refractivity contribution in [3.05, 3.63) is 97.1 Å². The van der Waals surface area contributed by atoms with Crippen molar-refractivity contribution in [2.75, 3.05) is 17.7 Å². The van der Waals surface area contributed by atoms with E-state index in [1.807, 2.05) is 22.9 Å². The Kier molecular flexibility index (Phi) is 9.02. The molecule has 3 N–H and O–H groups in total. The molecule has 2 aromatic carbocycles. The van der Waals surface area contributed by atoms with Crippen molar-refractivity contribution in [3.8, 4) is 11.4 Å². The van der Waals surface area contributed by atoms with Crippen molar-refractivity contribution in [1.82, 2.24) is 33.9 Å². The van der Waals surface area contributed by atoms with Crippen molar-refractivity contribution in [1.29, 1.82) is 0 Å². The molecular formula is C37H43N9O3SSi. The van der Waals surface area contributed by atoms with Crippen LogP contribution in [0.1, 0.15) is 59.2 Å². The normalized spacial score (nSPS) is 14.0. The molecule has 1 aliphatic carbocycles. The van der Waals surface area contributed by atoms with E-state index in [2.05, 4.69) is 104 Å². The largest absolute Gasteiger partial charge is 0.407 e. The Morgan fingerprint density at radius 2 is 1.65 bits per heavy atom. The third-order valence-corrected chi connectivity index (χ3v) is 16.4. The first-order valence-corrected chi connectivity index (χ1v) is 20.6. The molecule has 6 aromatic rings. The van der Waals surface area contributed by atoms with Crippen LogP contribution in [0, 0.1) is 0 Å². The molecular weight excluding hydrogens is 679 g/mol. The number of aromatic nitrogens is 7. The van der Waals surface area contributed by atoms with E-state index in [1.165, 1.54) is 22.8 Å². The summed E-state index contributed by atoms with van der Waals surface area (Å²) >= 11 is 0. The Hall–Kier alpha value is -4.92. The highest BCUT2D eigenvalue weighted by molar-refractivity contribution is 7.90. The highest BCUT2D eigenvalue weighted by Crippen LogP contribution is 2.37. The van der Waals surface area contributed by atoms with Gasteiger partial charge in [-0.2, -0.15) is 14.3 Å². The molecule has 0 atom stereocenters. The highest BCUT2D eigenvalue weighted by atomic mass is 32.2. The number of nitrogens with zero attached hydrogens (tertiary/aromatic N) is 7. The van der Waals surface area contributed by atoms with E-state index in [4.69, 9.17) is 20.2 Å². The predicted molar refractivity (Wildman–Crippen MR) is 203 cm³/mol. The number of rotatable bonds is 12. The minimum Gasteiger partial charge on any atom is -0.407 e. The van der Waals surface area contributed by atoms with Gasteiger partial charge in [-0.1, -0.05) is 81.4 Å². The van der Waals surface area contributed by atoms with Crippen LogP contribution in [0.5, 0.6) is 0 Å². The number of benzene rings is 2. The van der Waals surface area contributed by atoms with Crippen molar-refractivity contribution < 1.29 is 12.8 Å². The van der Waals surface area contributed by atoms with Gasteiger partial charge in [0.25, 0.3) is 18.3 Å². The van der Waals surface area contributed by atoms with Gasteiger partial charge in [-0.25, -0.2) is 23.4 Å². The summed E-state index contributed by atoms with van der Waals surface area (Å²) in [5.41, 5.74) is 8.68. The van der Waals surface area contributed by atoms with E-state index >= 15 is 0 Å². The zero-order valence-electron chi connectivity index (χ0n) is 29.5. The summed E-state index contributed by atoms with van der Waals surface area (Å²) in [4.78, 5) is 14.1. The van der Waals surface area contributed by atoms with Gasteiger partial charge >= 0.3 is 0 Å². The maximum absolute atomic E-state index is 12.7. The summed E-state index contributed by atoms with van der Waals surface area (Å²) in [6, 6.07) is 24.8. The number of anilines is 3. The minimum atomic E-state index is -3.51. The number of nitrogen functional groups attached to an aromatic ring is 1. The molecule has 7 rings (SSSR count). The van der Waals surface area contributed by atoms with Crippen molar-refractivity contribution in [2.45, 2.75) is 70.2 Å². The second-order valence-corrected chi connectivity index (χ2v) is 20.6. The first-order chi connectivity index (χ1) is 24.4. The van der Waals surface area contributed by atoms with Crippen molar-refractivity contribution in [3.63, 3.8) is 0 Å². The summed E-state index contributed by atoms with van der Waals surface area (Å²) in [7, 11) is -6.29. The van der Waals surface area contributed by atoms with Gasteiger partial charge in [0.15, 0.2) is 11.6 Å². The Balaban J connectivity index is 1.22. The van der Waals surface area contributed by atoms with Crippen molar-refractivity contribution >= 4 is 57.1 Å². The molecule has 0 amide bonds. The average Bonchev–Trinajstić information content (AvgIpc) is 3.76. The summed E-state index contributed by atoms with van der Waals surface area (Å²) in [5, 5.41) is 14.8. The van der Waals surface area contributed by atoms with Crippen molar-refractivity contribution in [2.24, 2.45) is 0 Å². The second kappa shape index (κ2) is 13.3. The number of nitrogens with two attached hydrogens (primary N) is 1. The Bertz CT molecular complexity index is 2240. The molecule has 0 unspecified atom stereocenters. The molecule has 0 saturated heterocycles. The Morgan fingerprint density at radius 1 is 0.980 bits per heavy atom. The third-order valence-electron chi connectivity index (χ3n) is 9.29. The lowest BCUT2D eigenvalue weighted by molar-refractivity contribution is 0.301. The van der Waals surface area contributed by atoms with Gasteiger partial charge in [-0.05, 0) is 48.2 Å². The van der Waals surface area contributed by atoms with Crippen LogP contribution in [0.25, 0.3) is 22.3 Å². The van der Waals surface area contributed by atoms with Crippen LogP contribution < -0.4 is 21.4 Å². The molecule has 4 heterocycles. The van der Waals surface area contributed by atoms with Gasteiger partial charge in [-0.15, -0.1) is 0 Å². The van der Waals surface area contributed by atoms with Gasteiger partial charge in [-0.3, -0.25) is 4.68 Å². The smallest absolute Gasteiger partial charge is 0.261 e. The first kappa shape index (κ1) is 34.5. The second-order valence-electron chi connectivity index (χ2n) is 14.3. The third kappa shape index (κ3) is 6.54. The molecule has 0 radical (unpaired) electrons. The highest BCUT2D eigenvalue weighted by Gasteiger charge is 2.50. The molecule has 0 bridgehead atoms. The summed E-state index contributed by atoms with van der Waals surface area (Å²) < 4.78 is 35.6. The van der Waals surface area contributed by atoms with Crippen LogP contribution in [0.3, 0.4) is 0 Å². The molecule has 4 aromatic heterocycles. The SMILES string of the molecule is CC(C)n1nc(N)c2c(CCO[Si](c3ccccc3)(c3ccccc3)C(C)(C)C)nc(Nc3ccnc(-c4cnn(S(=O)(=O)C5CC5)c4)n3)cc21. The van der Waals surface area contributed by atoms with Crippen LogP contribution in [0.4, 0.5) is 17.5 Å². The lowest BCUT2D eigenvalue weighted by Crippen LogP contribution is -2.66. The number of nitrogens with one attached hydrogen (secondary N) is 1. The number of hydrogen-bond donors (Lipinski definition) is 2. The van der Waals surface area contributed by atoms with Gasteiger partial charge in [0.05, 0.1) is 39.8 Å². The quantitative estimate of drug-likeness (QED) is 0.156. The maximum Gasteiger partial charge on any atom is 0.261 e. The van der Waals surface area contributed by atoms with Gasteiger partial charge in [0, 0.05) is 31.3 Å². The monoisotopic (exact) mass is 721 g/mol. The lowest BCUT2D eigenvalue weighted by Gasteiger charge is -2.43. The van der Waals surface area contributed by atoms with E-state index in [0.29, 0.717) is 54.7 Å². The molecule has 51 heavy (non-hydrogen) atoms. The molecule has 1 saturated carbocycles. The Labute approximate surface area is 299 Å². The van der Waals surface area contributed by atoms with Crippen LogP contribution in [-0.2, 0) is 20.9 Å². The van der Waals surface area contributed by atoms with Crippen LogP contribution in [0.15, 0.2) is 91.4 Å². The topological polar surface area (TPSA) is 156 Å². The molecule has 1 aliphatic rings. The molecule has 1 fully saturated rings. The first-order valence-electron chi connectivity index (χ1n) is 17.2. The fourth-order valence-corrected chi connectivity index (χ4v) is 12.8. The van der Waals surface area contributed by atoms with Crippen LogP contribution in [0.2, 0.25) is 5.04 Å². The fraction of sp³-hybridized carbons (Fsp3) is 0.324. The molecule has 14 heteroatoms. The number of fused-ring (bicyclic) bond motifs is 1. The van der Waals surface area contributed by atoms with Gasteiger partial charge in [0.2, 0.25) is 0 Å². The molecule has 264 valence electrons. The number of hydrogen-bond acceptors (Lipinski definition) is 10. The van der Waals surface area contributed by atoms with Gasteiger partial charge < -0.3 is 15.5 Å². The fourth-order valence-electron chi connectivity index (χ4n) is 6.74. The number of pyridine rings is 1. The maximum atomic E-state index is 12.7. The summed E-state index contributed by atoms with van der Waals surface area (Å²) in [6.07, 6.45) is 6.35. The van der Waals surface area contributed by atoms with Gasteiger partial charge in [0.1, 0.15) is 11.6 Å². The predicted octanol–water partition coefficient (Wildman–Crippen LogP) is 5.45.